The van der Waals surface area contributed by atoms with Crippen LogP contribution in [0.4, 0.5) is 0 Å². The predicted octanol–water partition coefficient (Wildman–Crippen LogP) is 3.75. The normalized spacial score (nSPS) is 32.8. The third-order valence-corrected chi connectivity index (χ3v) is 4.09. The zero-order chi connectivity index (χ0) is 10.6. The lowest BCUT2D eigenvalue weighted by Gasteiger charge is -2.27. The van der Waals surface area contributed by atoms with E-state index < -0.39 is 0 Å². The van der Waals surface area contributed by atoms with Crippen molar-refractivity contribution >= 4 is 0 Å². The van der Waals surface area contributed by atoms with Crippen LogP contribution >= 0.6 is 0 Å². The van der Waals surface area contributed by atoms with Gasteiger partial charge in [-0.3, -0.25) is 0 Å². The van der Waals surface area contributed by atoms with E-state index in [1.165, 1.54) is 25.7 Å². The van der Waals surface area contributed by atoms with Crippen molar-refractivity contribution in [3.05, 3.63) is 0 Å². The summed E-state index contributed by atoms with van der Waals surface area (Å²) in [6.45, 7) is 6.72. The molecule has 0 aromatic heterocycles. The largest absolute Gasteiger partial charge is 0.390 e. The van der Waals surface area contributed by atoms with E-state index in [4.69, 9.17) is 0 Å². The maximum atomic E-state index is 10.4. The highest BCUT2D eigenvalue weighted by Gasteiger charge is 2.37. The van der Waals surface area contributed by atoms with E-state index in [1.54, 1.807) is 0 Å². The standard InChI is InChI=1S/C13H26O/c1-4-11(5-2)9-13(14)8-7-12(6-3)10-13/h11-12,14H,4-10H2,1-3H3. The molecule has 0 bridgehead atoms. The molecule has 1 aliphatic carbocycles. The van der Waals surface area contributed by atoms with E-state index in [0.717, 1.165) is 31.1 Å². The van der Waals surface area contributed by atoms with Crippen LogP contribution in [0.5, 0.6) is 0 Å². The van der Waals surface area contributed by atoms with Crippen molar-refractivity contribution in [1.29, 1.82) is 0 Å². The lowest BCUT2D eigenvalue weighted by atomic mass is 9.85. The minimum Gasteiger partial charge on any atom is -0.390 e. The minimum absolute atomic E-state index is 0.308. The Bertz CT molecular complexity index is 163. The molecule has 1 heteroatoms. The number of aliphatic hydroxyl groups is 1. The Morgan fingerprint density at radius 1 is 1.29 bits per heavy atom. The lowest BCUT2D eigenvalue weighted by molar-refractivity contribution is 0.0169. The van der Waals surface area contributed by atoms with Crippen LogP contribution in [-0.2, 0) is 0 Å². The van der Waals surface area contributed by atoms with Crippen LogP contribution in [0.3, 0.4) is 0 Å². The molecule has 0 aromatic rings. The molecule has 1 fully saturated rings. The molecule has 1 aliphatic rings. The molecule has 84 valence electrons. The summed E-state index contributed by atoms with van der Waals surface area (Å²) in [4.78, 5) is 0. The molecule has 0 spiro atoms. The van der Waals surface area contributed by atoms with Gasteiger partial charge in [0.2, 0.25) is 0 Å². The fraction of sp³-hybridized carbons (Fsp3) is 1.00. The van der Waals surface area contributed by atoms with Crippen LogP contribution < -0.4 is 0 Å². The van der Waals surface area contributed by atoms with Gasteiger partial charge in [-0.15, -0.1) is 0 Å². The van der Waals surface area contributed by atoms with Crippen molar-refractivity contribution in [2.75, 3.05) is 0 Å². The molecule has 0 saturated heterocycles. The monoisotopic (exact) mass is 198 g/mol. The van der Waals surface area contributed by atoms with Crippen LogP contribution in [0, 0.1) is 11.8 Å². The van der Waals surface area contributed by atoms with Crippen LogP contribution in [0.15, 0.2) is 0 Å². The molecule has 0 heterocycles. The quantitative estimate of drug-likeness (QED) is 0.713. The molecular formula is C13H26O. The maximum Gasteiger partial charge on any atom is 0.0653 e. The molecule has 1 saturated carbocycles. The van der Waals surface area contributed by atoms with Crippen molar-refractivity contribution in [3.8, 4) is 0 Å². The highest BCUT2D eigenvalue weighted by atomic mass is 16.3. The number of rotatable bonds is 5. The topological polar surface area (TPSA) is 20.2 Å². The van der Waals surface area contributed by atoms with Gasteiger partial charge in [0.1, 0.15) is 0 Å². The fourth-order valence-corrected chi connectivity index (χ4v) is 2.86. The van der Waals surface area contributed by atoms with E-state index in [-0.39, 0.29) is 5.60 Å². The molecular weight excluding hydrogens is 172 g/mol. The first-order chi connectivity index (χ1) is 6.63. The molecule has 1 nitrogen and oxygen atoms in total. The Kier molecular flexibility index (Phi) is 4.43. The van der Waals surface area contributed by atoms with Crippen molar-refractivity contribution < 1.29 is 5.11 Å². The third kappa shape index (κ3) is 2.98. The van der Waals surface area contributed by atoms with E-state index in [1.807, 2.05) is 0 Å². The van der Waals surface area contributed by atoms with Gasteiger partial charge in [-0.05, 0) is 37.5 Å². The zero-order valence-corrected chi connectivity index (χ0v) is 10.1. The van der Waals surface area contributed by atoms with Crippen LogP contribution in [-0.4, -0.2) is 10.7 Å². The van der Waals surface area contributed by atoms with E-state index in [9.17, 15) is 5.11 Å². The summed E-state index contributed by atoms with van der Waals surface area (Å²) in [5, 5.41) is 10.4. The summed E-state index contributed by atoms with van der Waals surface area (Å²) >= 11 is 0. The summed E-state index contributed by atoms with van der Waals surface area (Å²) in [6, 6.07) is 0. The maximum absolute atomic E-state index is 10.4. The summed E-state index contributed by atoms with van der Waals surface area (Å²) in [5.74, 6) is 1.52. The zero-order valence-electron chi connectivity index (χ0n) is 10.1. The Balaban J connectivity index is 2.42. The van der Waals surface area contributed by atoms with Gasteiger partial charge in [-0.2, -0.15) is 0 Å². The van der Waals surface area contributed by atoms with Gasteiger partial charge < -0.3 is 5.11 Å². The van der Waals surface area contributed by atoms with Crippen molar-refractivity contribution in [3.63, 3.8) is 0 Å². The molecule has 1 N–H and O–H groups in total. The Hall–Kier alpha value is -0.0400. The van der Waals surface area contributed by atoms with Gasteiger partial charge in [0, 0.05) is 0 Å². The second kappa shape index (κ2) is 5.16. The van der Waals surface area contributed by atoms with Crippen LogP contribution in [0.2, 0.25) is 0 Å². The van der Waals surface area contributed by atoms with E-state index in [2.05, 4.69) is 20.8 Å². The summed E-state index contributed by atoms with van der Waals surface area (Å²) < 4.78 is 0. The summed E-state index contributed by atoms with van der Waals surface area (Å²) in [5.41, 5.74) is -0.308. The predicted molar refractivity (Wildman–Crippen MR) is 61.3 cm³/mol. The first-order valence-electron chi connectivity index (χ1n) is 6.36. The molecule has 0 aliphatic heterocycles. The van der Waals surface area contributed by atoms with Gasteiger partial charge in [0.25, 0.3) is 0 Å². The second-order valence-electron chi connectivity index (χ2n) is 5.13. The number of hydrogen-bond acceptors (Lipinski definition) is 1. The van der Waals surface area contributed by atoms with E-state index >= 15 is 0 Å². The minimum atomic E-state index is -0.308. The Labute approximate surface area is 88.9 Å². The fourth-order valence-electron chi connectivity index (χ4n) is 2.86. The van der Waals surface area contributed by atoms with Crippen LogP contribution in [0.1, 0.15) is 65.7 Å². The lowest BCUT2D eigenvalue weighted by Crippen LogP contribution is -2.28. The first kappa shape index (κ1) is 12.0. The van der Waals surface area contributed by atoms with Crippen molar-refractivity contribution in [1.82, 2.24) is 0 Å². The molecule has 0 aromatic carbocycles. The average molecular weight is 198 g/mol. The molecule has 14 heavy (non-hydrogen) atoms. The molecule has 0 amide bonds. The second-order valence-corrected chi connectivity index (χ2v) is 5.13. The molecule has 2 unspecified atom stereocenters. The molecule has 0 radical (unpaired) electrons. The number of hydrogen-bond donors (Lipinski definition) is 1. The summed E-state index contributed by atoms with van der Waals surface area (Å²) in [7, 11) is 0. The van der Waals surface area contributed by atoms with Crippen LogP contribution in [0.25, 0.3) is 0 Å². The van der Waals surface area contributed by atoms with Gasteiger partial charge in [0.15, 0.2) is 0 Å². The van der Waals surface area contributed by atoms with Gasteiger partial charge in [-0.1, -0.05) is 40.0 Å². The highest BCUT2D eigenvalue weighted by Crippen LogP contribution is 2.41. The van der Waals surface area contributed by atoms with Crippen molar-refractivity contribution in [2.24, 2.45) is 11.8 Å². The van der Waals surface area contributed by atoms with Crippen molar-refractivity contribution in [2.45, 2.75) is 71.3 Å². The van der Waals surface area contributed by atoms with Gasteiger partial charge in [0.05, 0.1) is 5.60 Å². The Morgan fingerprint density at radius 2 is 1.93 bits per heavy atom. The average Bonchev–Trinajstić information content (AvgIpc) is 2.57. The highest BCUT2D eigenvalue weighted by molar-refractivity contribution is 4.90. The van der Waals surface area contributed by atoms with Gasteiger partial charge in [-0.25, -0.2) is 0 Å². The SMILES string of the molecule is CCC(CC)CC1(O)CCC(CC)C1. The third-order valence-electron chi connectivity index (χ3n) is 4.09. The first-order valence-corrected chi connectivity index (χ1v) is 6.36. The molecule has 1 rings (SSSR count). The summed E-state index contributed by atoms with van der Waals surface area (Å²) in [6.07, 6.45) is 8.06. The van der Waals surface area contributed by atoms with E-state index in [0.29, 0.717) is 0 Å². The Morgan fingerprint density at radius 3 is 2.36 bits per heavy atom. The van der Waals surface area contributed by atoms with Gasteiger partial charge >= 0.3 is 0 Å². The molecule has 2 atom stereocenters. The smallest absolute Gasteiger partial charge is 0.0653 e.